The van der Waals surface area contributed by atoms with E-state index in [1.54, 1.807) is 0 Å². The van der Waals surface area contributed by atoms with E-state index in [2.05, 4.69) is 73.2 Å². The molecule has 1 aromatic rings. The molecule has 0 aliphatic heterocycles. The first-order valence-electron chi connectivity index (χ1n) is 12.8. The zero-order valence-corrected chi connectivity index (χ0v) is 22.9. The van der Waals surface area contributed by atoms with Crippen LogP contribution in [-0.4, -0.2) is 12.5 Å². The second-order valence-electron chi connectivity index (χ2n) is 9.04. The molecule has 1 aromatic carbocycles. The van der Waals surface area contributed by atoms with Crippen molar-refractivity contribution in [3.05, 3.63) is 58.3 Å². The van der Waals surface area contributed by atoms with Crippen LogP contribution >= 0.6 is 0 Å². The number of carbonyl (C=O) groups excluding carboxylic acids is 1. The number of unbranched alkanes of at least 4 members (excludes halogenated alkanes) is 4. The highest BCUT2D eigenvalue weighted by Crippen LogP contribution is 2.38. The van der Waals surface area contributed by atoms with Gasteiger partial charge in [0.25, 0.3) is 0 Å². The highest BCUT2D eigenvalue weighted by atomic mass is 19.1. The van der Waals surface area contributed by atoms with Crippen LogP contribution in [0, 0.1) is 26.7 Å². The fourth-order valence-corrected chi connectivity index (χ4v) is 3.38. The minimum atomic E-state index is -1.07. The number of aldehydes is 1. The lowest BCUT2D eigenvalue weighted by Crippen LogP contribution is -2.23. The quantitative estimate of drug-likeness (QED) is 0.226. The van der Waals surface area contributed by atoms with Gasteiger partial charge in [0, 0.05) is 11.6 Å². The second kappa shape index (κ2) is 20.7. The molecule has 1 fully saturated rings. The van der Waals surface area contributed by atoms with Gasteiger partial charge in [-0.3, -0.25) is 0 Å². The third kappa shape index (κ3) is 17.3. The number of carbonyl (C=O) groups is 1. The summed E-state index contributed by atoms with van der Waals surface area (Å²) in [6, 6.07) is 6.50. The van der Waals surface area contributed by atoms with Crippen LogP contribution in [-0.2, 0) is 4.79 Å². The Morgan fingerprint density at radius 2 is 1.52 bits per heavy atom. The number of benzene rings is 1. The summed E-state index contributed by atoms with van der Waals surface area (Å²) in [4.78, 5) is 8.81. The van der Waals surface area contributed by atoms with Crippen molar-refractivity contribution in [2.24, 2.45) is 11.7 Å². The van der Waals surface area contributed by atoms with Crippen molar-refractivity contribution in [3.8, 4) is 0 Å². The first kappa shape index (κ1) is 33.3. The molecule has 0 aromatic heterocycles. The minimum absolute atomic E-state index is 0.0278. The largest absolute Gasteiger partial charge is 0.400 e. The molecular weight excluding hydrogens is 409 g/mol. The molecule has 0 heterocycles. The van der Waals surface area contributed by atoms with E-state index in [-0.39, 0.29) is 11.6 Å². The Hall–Kier alpha value is -1.90. The van der Waals surface area contributed by atoms with Crippen LogP contribution in [0.15, 0.2) is 41.6 Å². The molecule has 1 aliphatic rings. The Balaban J connectivity index is 0. The first-order chi connectivity index (χ1) is 15.6. The van der Waals surface area contributed by atoms with Crippen LogP contribution in [0.3, 0.4) is 0 Å². The molecular formula is C30H52FNO. The normalized spacial score (nSPS) is 13.1. The lowest BCUT2D eigenvalue weighted by Gasteiger charge is -2.22. The lowest BCUT2D eigenvalue weighted by atomic mass is 9.88. The molecule has 0 amide bonds. The fourth-order valence-electron chi connectivity index (χ4n) is 3.38. The van der Waals surface area contributed by atoms with E-state index in [1.807, 2.05) is 0 Å². The summed E-state index contributed by atoms with van der Waals surface area (Å²) in [5.74, 6) is -0.0278. The average molecular weight is 462 g/mol. The maximum absolute atomic E-state index is 13.9. The Kier molecular flexibility index (Phi) is 20.9. The van der Waals surface area contributed by atoms with Gasteiger partial charge >= 0.3 is 0 Å². The number of hydrogen-bond donors (Lipinski definition) is 1. The van der Waals surface area contributed by atoms with Gasteiger partial charge in [-0.25, -0.2) is 4.39 Å². The van der Waals surface area contributed by atoms with Gasteiger partial charge in [-0.05, 0) is 65.0 Å². The predicted molar refractivity (Wildman–Crippen MR) is 145 cm³/mol. The van der Waals surface area contributed by atoms with Crippen LogP contribution in [0.4, 0.5) is 4.39 Å². The summed E-state index contributed by atoms with van der Waals surface area (Å²) in [5.41, 5.74) is 12.4. The minimum Gasteiger partial charge on any atom is -0.400 e. The third-order valence-electron chi connectivity index (χ3n) is 5.81. The summed E-state index contributed by atoms with van der Waals surface area (Å²) < 4.78 is 13.9. The Bertz CT molecular complexity index is 683. The van der Waals surface area contributed by atoms with Crippen molar-refractivity contribution in [1.82, 2.24) is 0 Å². The summed E-state index contributed by atoms with van der Waals surface area (Å²) in [6.45, 7) is 20.0. The Morgan fingerprint density at radius 3 is 1.85 bits per heavy atom. The van der Waals surface area contributed by atoms with E-state index in [9.17, 15) is 4.39 Å². The van der Waals surface area contributed by atoms with Gasteiger partial charge in [0.05, 0.1) is 0 Å². The van der Waals surface area contributed by atoms with Crippen LogP contribution in [0.25, 0.3) is 0 Å². The van der Waals surface area contributed by atoms with Crippen molar-refractivity contribution >= 4 is 6.29 Å². The van der Waals surface area contributed by atoms with Gasteiger partial charge in [-0.1, -0.05) is 101 Å². The molecule has 2 N–H and O–H groups in total. The molecule has 2 rings (SSSR count). The fraction of sp³-hybridized carbons (Fsp3) is 0.633. The number of hydrogen-bond acceptors (Lipinski definition) is 2. The van der Waals surface area contributed by atoms with Gasteiger partial charge in [0.1, 0.15) is 12.5 Å². The molecule has 0 spiro atoms. The molecule has 0 bridgehead atoms. The molecule has 2 unspecified atom stereocenters. The molecule has 190 valence electrons. The van der Waals surface area contributed by atoms with Gasteiger partial charge in [0.15, 0.2) is 0 Å². The van der Waals surface area contributed by atoms with Crippen LogP contribution < -0.4 is 5.73 Å². The second-order valence-corrected chi connectivity index (χ2v) is 9.04. The molecule has 33 heavy (non-hydrogen) atoms. The molecule has 1 saturated carbocycles. The highest BCUT2D eigenvalue weighted by Gasteiger charge is 2.28. The van der Waals surface area contributed by atoms with Gasteiger partial charge in [-0.2, -0.15) is 0 Å². The lowest BCUT2D eigenvalue weighted by molar-refractivity contribution is -0.106. The van der Waals surface area contributed by atoms with Crippen LogP contribution in [0.1, 0.15) is 109 Å². The summed E-state index contributed by atoms with van der Waals surface area (Å²) in [6.07, 6.45) is 10.6. The number of nitrogens with two attached hydrogens (primary N) is 1. The summed E-state index contributed by atoms with van der Waals surface area (Å²) >= 11 is 0. The maximum atomic E-state index is 13.9. The first-order valence-corrected chi connectivity index (χ1v) is 12.8. The molecule has 1 aliphatic carbocycles. The number of rotatable bonds is 9. The molecule has 2 atom stereocenters. The van der Waals surface area contributed by atoms with E-state index in [1.165, 1.54) is 60.4 Å². The van der Waals surface area contributed by atoms with Crippen molar-refractivity contribution in [2.45, 2.75) is 119 Å². The number of allylic oxidation sites excluding steroid dienone is 3. The van der Waals surface area contributed by atoms with Gasteiger partial charge < -0.3 is 10.5 Å². The standard InChI is InChI=1S/C13H22FN.C9H12.C6H14.C2H4O/c1-4-5-6-12(13(14)10(3)15)9(2)11-7-8-11;1-7-4-5-8(2)9(3)6-7;1-3-5-6-4-2;1-2-3/h12-13H,3-8,15H2,1-2H3;4-6H,1-3H3;3-6H2,1-2H3;2H,1H3. The molecule has 0 saturated heterocycles. The van der Waals surface area contributed by atoms with E-state index in [0.717, 1.165) is 38.4 Å². The Morgan fingerprint density at radius 1 is 1.03 bits per heavy atom. The third-order valence-corrected chi connectivity index (χ3v) is 5.81. The SMILES string of the molecule is C=C(N)C(F)C(CCCC)C(C)=C1CC1.CC=O.CCCCCC.Cc1ccc(C)c(C)c1. The van der Waals surface area contributed by atoms with E-state index in [4.69, 9.17) is 10.5 Å². The molecule has 0 radical (unpaired) electrons. The van der Waals surface area contributed by atoms with Crippen molar-refractivity contribution < 1.29 is 9.18 Å². The van der Waals surface area contributed by atoms with Crippen molar-refractivity contribution in [1.29, 1.82) is 0 Å². The summed E-state index contributed by atoms with van der Waals surface area (Å²) in [5, 5.41) is 0. The Labute approximate surface area is 204 Å². The molecule has 2 nitrogen and oxygen atoms in total. The molecule has 3 heteroatoms. The maximum Gasteiger partial charge on any atom is 0.145 e. The van der Waals surface area contributed by atoms with Crippen LogP contribution in [0.2, 0.25) is 0 Å². The van der Waals surface area contributed by atoms with Gasteiger partial charge in [0.2, 0.25) is 0 Å². The zero-order valence-electron chi connectivity index (χ0n) is 22.9. The predicted octanol–water partition coefficient (Wildman–Crippen LogP) is 9.12. The van der Waals surface area contributed by atoms with Gasteiger partial charge in [-0.15, -0.1) is 0 Å². The van der Waals surface area contributed by atoms with E-state index >= 15 is 0 Å². The number of alkyl halides is 1. The number of halogens is 1. The number of aryl methyl sites for hydroxylation is 3. The van der Waals surface area contributed by atoms with E-state index < -0.39 is 6.17 Å². The van der Waals surface area contributed by atoms with Crippen LogP contribution in [0.5, 0.6) is 0 Å². The highest BCUT2D eigenvalue weighted by molar-refractivity contribution is 5.44. The topological polar surface area (TPSA) is 43.1 Å². The van der Waals surface area contributed by atoms with E-state index in [0.29, 0.717) is 0 Å². The summed E-state index contributed by atoms with van der Waals surface area (Å²) in [7, 11) is 0. The van der Waals surface area contributed by atoms with Crippen molar-refractivity contribution in [3.63, 3.8) is 0 Å². The monoisotopic (exact) mass is 461 g/mol. The smallest absolute Gasteiger partial charge is 0.145 e. The zero-order chi connectivity index (χ0) is 25.8. The average Bonchev–Trinajstić information content (AvgIpc) is 3.62. The van der Waals surface area contributed by atoms with Crippen molar-refractivity contribution in [2.75, 3.05) is 0 Å².